The summed E-state index contributed by atoms with van der Waals surface area (Å²) in [6.45, 7) is 7.12. The van der Waals surface area contributed by atoms with Gasteiger partial charge in [0.1, 0.15) is 0 Å². The first-order chi connectivity index (χ1) is 16.2. The minimum atomic E-state index is -3.72. The van der Waals surface area contributed by atoms with Gasteiger partial charge in [0, 0.05) is 37.8 Å². The van der Waals surface area contributed by atoms with Gasteiger partial charge in [0.2, 0.25) is 15.9 Å². The number of aromatic nitrogens is 1. The Morgan fingerprint density at radius 1 is 1.12 bits per heavy atom. The van der Waals surface area contributed by atoms with Gasteiger partial charge >= 0.3 is 5.76 Å². The standard InChI is InChI=1S/C25H31N3O5S/c1-4-11-28-22-8-7-20(16-23(22)33-25(28)30)34(31,32)27-12-9-19(10-13-27)15-24(29)26-21-14-17(2)5-6-18(21)3/h5-8,14,16,19H,4,9-13,15H2,1-3H3,(H,26,29). The molecule has 2 aromatic carbocycles. The fourth-order valence-corrected chi connectivity index (χ4v) is 5.96. The van der Waals surface area contributed by atoms with Crippen LogP contribution in [0, 0.1) is 19.8 Å². The summed E-state index contributed by atoms with van der Waals surface area (Å²) in [6.07, 6.45) is 2.36. The third-order valence-corrected chi connectivity index (χ3v) is 8.33. The number of aryl methyl sites for hydroxylation is 3. The van der Waals surface area contributed by atoms with Crippen molar-refractivity contribution in [1.82, 2.24) is 8.87 Å². The van der Waals surface area contributed by atoms with Gasteiger partial charge in [-0.05, 0) is 68.4 Å². The summed E-state index contributed by atoms with van der Waals surface area (Å²) < 4.78 is 34.7. The Bertz CT molecular complexity index is 1360. The number of hydrogen-bond donors (Lipinski definition) is 1. The number of rotatable bonds is 7. The molecule has 34 heavy (non-hydrogen) atoms. The Hall–Kier alpha value is -2.91. The molecule has 1 amide bonds. The zero-order valence-corrected chi connectivity index (χ0v) is 20.7. The third-order valence-electron chi connectivity index (χ3n) is 6.44. The predicted octanol–water partition coefficient (Wildman–Crippen LogP) is 4.05. The van der Waals surface area contributed by atoms with Crippen molar-refractivity contribution in [3.05, 3.63) is 58.1 Å². The van der Waals surface area contributed by atoms with Gasteiger partial charge < -0.3 is 9.73 Å². The van der Waals surface area contributed by atoms with E-state index in [1.54, 1.807) is 6.07 Å². The van der Waals surface area contributed by atoms with Crippen molar-refractivity contribution in [2.24, 2.45) is 5.92 Å². The lowest BCUT2D eigenvalue weighted by Gasteiger charge is -2.31. The molecule has 182 valence electrons. The first kappa shape index (κ1) is 24.2. The summed E-state index contributed by atoms with van der Waals surface area (Å²) in [5.74, 6) is -0.404. The van der Waals surface area contributed by atoms with Gasteiger partial charge in [-0.15, -0.1) is 0 Å². The SMILES string of the molecule is CCCn1c(=O)oc2cc(S(=O)(=O)N3CCC(CC(=O)Nc4cc(C)ccc4C)CC3)ccc21. The number of nitrogens with one attached hydrogen (secondary N) is 1. The van der Waals surface area contributed by atoms with Gasteiger partial charge in [0.15, 0.2) is 5.58 Å². The predicted molar refractivity (Wildman–Crippen MR) is 131 cm³/mol. The van der Waals surface area contributed by atoms with Crippen molar-refractivity contribution in [3.63, 3.8) is 0 Å². The van der Waals surface area contributed by atoms with Crippen LogP contribution < -0.4 is 11.1 Å². The maximum Gasteiger partial charge on any atom is 0.419 e. The Morgan fingerprint density at radius 2 is 1.85 bits per heavy atom. The summed E-state index contributed by atoms with van der Waals surface area (Å²) in [5, 5.41) is 2.99. The maximum atomic E-state index is 13.2. The molecular formula is C25H31N3O5S. The van der Waals surface area contributed by atoms with Crippen molar-refractivity contribution in [2.45, 2.75) is 57.9 Å². The Morgan fingerprint density at radius 3 is 2.56 bits per heavy atom. The molecule has 1 aromatic heterocycles. The number of piperidine rings is 1. The quantitative estimate of drug-likeness (QED) is 0.544. The summed E-state index contributed by atoms with van der Waals surface area (Å²) in [6, 6.07) is 10.5. The number of sulfonamides is 1. The molecule has 1 N–H and O–H groups in total. The van der Waals surface area contributed by atoms with E-state index in [1.165, 1.54) is 21.0 Å². The van der Waals surface area contributed by atoms with Crippen molar-refractivity contribution in [3.8, 4) is 0 Å². The molecule has 0 spiro atoms. The largest absolute Gasteiger partial charge is 0.419 e. The molecule has 0 saturated carbocycles. The van der Waals surface area contributed by atoms with Crippen molar-refractivity contribution >= 4 is 32.7 Å². The monoisotopic (exact) mass is 485 g/mol. The van der Waals surface area contributed by atoms with Crippen molar-refractivity contribution in [1.29, 1.82) is 0 Å². The van der Waals surface area contributed by atoms with Crippen LogP contribution in [0.15, 0.2) is 50.5 Å². The topological polar surface area (TPSA) is 102 Å². The molecular weight excluding hydrogens is 454 g/mol. The maximum absolute atomic E-state index is 13.2. The molecule has 2 heterocycles. The number of fused-ring (bicyclic) bond motifs is 1. The normalized spacial score (nSPS) is 15.6. The summed E-state index contributed by atoms with van der Waals surface area (Å²) in [7, 11) is -3.72. The van der Waals surface area contributed by atoms with Crippen LogP contribution in [0.1, 0.15) is 43.7 Å². The van der Waals surface area contributed by atoms with E-state index >= 15 is 0 Å². The zero-order valence-electron chi connectivity index (χ0n) is 19.8. The molecule has 8 nitrogen and oxygen atoms in total. The van der Waals surface area contributed by atoms with E-state index in [1.807, 2.05) is 39.0 Å². The number of hydrogen-bond acceptors (Lipinski definition) is 5. The minimum Gasteiger partial charge on any atom is -0.408 e. The van der Waals surface area contributed by atoms with Crippen LogP contribution in [0.2, 0.25) is 0 Å². The fraction of sp³-hybridized carbons (Fsp3) is 0.440. The van der Waals surface area contributed by atoms with Crippen molar-refractivity contribution in [2.75, 3.05) is 18.4 Å². The summed E-state index contributed by atoms with van der Waals surface area (Å²) >= 11 is 0. The van der Waals surface area contributed by atoms with Crippen LogP contribution in [-0.2, 0) is 21.4 Å². The number of carbonyl (C=O) groups is 1. The molecule has 0 bridgehead atoms. The second-order valence-corrected chi connectivity index (χ2v) is 11.0. The van der Waals surface area contributed by atoms with Crippen LogP contribution in [0.5, 0.6) is 0 Å². The van der Waals surface area contributed by atoms with Crippen LogP contribution in [0.4, 0.5) is 5.69 Å². The van der Waals surface area contributed by atoms with Gasteiger partial charge in [-0.1, -0.05) is 19.1 Å². The van der Waals surface area contributed by atoms with E-state index in [0.29, 0.717) is 44.4 Å². The summed E-state index contributed by atoms with van der Waals surface area (Å²) in [5.41, 5.74) is 3.79. The van der Waals surface area contributed by atoms with E-state index < -0.39 is 15.8 Å². The molecule has 3 aromatic rings. The van der Waals surface area contributed by atoms with E-state index in [4.69, 9.17) is 4.42 Å². The lowest BCUT2D eigenvalue weighted by Crippen LogP contribution is -2.39. The van der Waals surface area contributed by atoms with E-state index in [9.17, 15) is 18.0 Å². The molecule has 0 atom stereocenters. The molecule has 1 fully saturated rings. The highest BCUT2D eigenvalue weighted by molar-refractivity contribution is 7.89. The molecule has 0 aliphatic carbocycles. The van der Waals surface area contributed by atoms with Gasteiger partial charge in [-0.2, -0.15) is 4.31 Å². The Labute approximate surface area is 199 Å². The molecule has 1 saturated heterocycles. The van der Waals surface area contributed by atoms with Crippen molar-refractivity contribution < 1.29 is 17.6 Å². The molecule has 1 aliphatic heterocycles. The van der Waals surface area contributed by atoms with Crippen LogP contribution >= 0.6 is 0 Å². The smallest absolute Gasteiger partial charge is 0.408 e. The van der Waals surface area contributed by atoms with E-state index in [-0.39, 0.29) is 22.3 Å². The number of nitrogens with zero attached hydrogens (tertiary/aromatic N) is 2. The minimum absolute atomic E-state index is 0.0490. The lowest BCUT2D eigenvalue weighted by atomic mass is 9.94. The van der Waals surface area contributed by atoms with Gasteiger partial charge in [-0.25, -0.2) is 13.2 Å². The Balaban J connectivity index is 1.40. The first-order valence-corrected chi connectivity index (χ1v) is 13.1. The average molecular weight is 486 g/mol. The van der Waals surface area contributed by atoms with Gasteiger partial charge in [-0.3, -0.25) is 9.36 Å². The highest BCUT2D eigenvalue weighted by atomic mass is 32.2. The molecule has 9 heteroatoms. The number of anilines is 1. The highest BCUT2D eigenvalue weighted by Crippen LogP contribution is 2.28. The van der Waals surface area contributed by atoms with Gasteiger partial charge in [0.05, 0.1) is 10.4 Å². The third kappa shape index (κ3) is 4.95. The fourth-order valence-electron chi connectivity index (χ4n) is 4.48. The number of benzene rings is 2. The van der Waals surface area contributed by atoms with E-state index in [2.05, 4.69) is 5.32 Å². The highest BCUT2D eigenvalue weighted by Gasteiger charge is 2.31. The summed E-state index contributed by atoms with van der Waals surface area (Å²) in [4.78, 5) is 24.7. The van der Waals surface area contributed by atoms with Crippen LogP contribution in [-0.4, -0.2) is 36.3 Å². The van der Waals surface area contributed by atoms with Gasteiger partial charge in [0.25, 0.3) is 0 Å². The zero-order chi connectivity index (χ0) is 24.5. The van der Waals surface area contributed by atoms with Crippen LogP contribution in [0.25, 0.3) is 11.1 Å². The average Bonchev–Trinajstić information content (AvgIpc) is 3.11. The number of carbonyl (C=O) groups excluding carboxylic acids is 1. The number of oxazole rings is 1. The van der Waals surface area contributed by atoms with E-state index in [0.717, 1.165) is 23.2 Å². The second kappa shape index (κ2) is 9.76. The molecule has 0 unspecified atom stereocenters. The second-order valence-electron chi connectivity index (χ2n) is 9.07. The Kier molecular flexibility index (Phi) is 6.95. The molecule has 1 aliphatic rings. The lowest BCUT2D eigenvalue weighted by molar-refractivity contribution is -0.117. The van der Waals surface area contributed by atoms with Crippen LogP contribution in [0.3, 0.4) is 0 Å². The number of amides is 1. The molecule has 0 radical (unpaired) electrons. The first-order valence-electron chi connectivity index (χ1n) is 11.7. The molecule has 4 rings (SSSR count).